The summed E-state index contributed by atoms with van der Waals surface area (Å²) in [5, 5.41) is 11.2. The van der Waals surface area contributed by atoms with Crippen molar-refractivity contribution in [2.75, 3.05) is 32.2 Å². The highest BCUT2D eigenvalue weighted by molar-refractivity contribution is 5.71. The molecule has 4 rings (SSSR count). The number of anilines is 1. The summed E-state index contributed by atoms with van der Waals surface area (Å²) in [7, 11) is 3.22. The predicted molar refractivity (Wildman–Crippen MR) is 102 cm³/mol. The van der Waals surface area contributed by atoms with Crippen molar-refractivity contribution in [2.45, 2.75) is 18.4 Å². The summed E-state index contributed by atoms with van der Waals surface area (Å²) in [5.41, 5.74) is 1.30. The van der Waals surface area contributed by atoms with E-state index in [1.54, 1.807) is 26.6 Å². The lowest BCUT2D eigenvalue weighted by atomic mass is 9.84. The molecule has 0 amide bonds. The van der Waals surface area contributed by atoms with Crippen molar-refractivity contribution in [3.05, 3.63) is 48.3 Å². The molecule has 0 unspecified atom stereocenters. The van der Waals surface area contributed by atoms with Crippen LogP contribution in [-0.2, 0) is 5.60 Å². The Morgan fingerprint density at radius 3 is 2.30 bits per heavy atom. The van der Waals surface area contributed by atoms with Crippen molar-refractivity contribution < 1.29 is 14.6 Å². The van der Waals surface area contributed by atoms with Crippen molar-refractivity contribution in [1.82, 2.24) is 15.0 Å². The lowest BCUT2D eigenvalue weighted by molar-refractivity contribution is 0.0113. The van der Waals surface area contributed by atoms with E-state index in [2.05, 4.69) is 19.9 Å². The normalized spacial score (nSPS) is 16.3. The lowest BCUT2D eigenvalue weighted by Gasteiger charge is -2.39. The van der Waals surface area contributed by atoms with Crippen LogP contribution in [0.5, 0.6) is 11.5 Å². The third-order valence-corrected chi connectivity index (χ3v) is 5.12. The Morgan fingerprint density at radius 2 is 1.63 bits per heavy atom. The quantitative estimate of drug-likeness (QED) is 0.760. The second kappa shape index (κ2) is 7.00. The van der Waals surface area contributed by atoms with Gasteiger partial charge in [0.1, 0.15) is 22.8 Å². The van der Waals surface area contributed by atoms with Gasteiger partial charge in [0.2, 0.25) is 0 Å². The number of aliphatic hydroxyl groups is 1. The van der Waals surface area contributed by atoms with Crippen molar-refractivity contribution in [2.24, 2.45) is 0 Å². The number of pyridine rings is 1. The van der Waals surface area contributed by atoms with Gasteiger partial charge in [0, 0.05) is 31.5 Å². The molecule has 1 aromatic carbocycles. The van der Waals surface area contributed by atoms with Crippen molar-refractivity contribution in [1.29, 1.82) is 0 Å². The zero-order valence-corrected chi connectivity index (χ0v) is 15.4. The van der Waals surface area contributed by atoms with Crippen LogP contribution < -0.4 is 14.4 Å². The van der Waals surface area contributed by atoms with E-state index in [1.807, 2.05) is 30.3 Å². The van der Waals surface area contributed by atoms with Crippen LogP contribution in [0, 0.1) is 0 Å². The van der Waals surface area contributed by atoms with Crippen molar-refractivity contribution in [3.63, 3.8) is 0 Å². The molecule has 0 saturated carbocycles. The molecule has 1 aliphatic rings. The lowest BCUT2D eigenvalue weighted by Crippen LogP contribution is -2.43. The molecule has 7 heteroatoms. The molecule has 1 saturated heterocycles. The van der Waals surface area contributed by atoms with E-state index in [1.165, 1.54) is 0 Å². The summed E-state index contributed by atoms with van der Waals surface area (Å²) in [5.74, 6) is 2.21. The van der Waals surface area contributed by atoms with Crippen LogP contribution in [0.3, 0.4) is 0 Å². The summed E-state index contributed by atoms with van der Waals surface area (Å²) < 4.78 is 10.7. The number of piperidine rings is 1. The molecule has 3 heterocycles. The van der Waals surface area contributed by atoms with Crippen LogP contribution in [0.4, 0.5) is 5.82 Å². The number of nitrogens with zero attached hydrogens (tertiary/aromatic N) is 4. The van der Waals surface area contributed by atoms with E-state index < -0.39 is 5.60 Å². The van der Waals surface area contributed by atoms with Crippen LogP contribution in [0.1, 0.15) is 18.4 Å². The fourth-order valence-corrected chi connectivity index (χ4v) is 3.49. The van der Waals surface area contributed by atoms with Gasteiger partial charge in [-0.3, -0.25) is 4.98 Å². The molecule has 0 spiro atoms. The predicted octanol–water partition coefficient (Wildman–Crippen LogP) is 2.53. The Bertz CT molecular complexity index is 933. The van der Waals surface area contributed by atoms with E-state index in [0.29, 0.717) is 43.1 Å². The zero-order valence-electron chi connectivity index (χ0n) is 15.4. The Morgan fingerprint density at radius 1 is 0.963 bits per heavy atom. The fourth-order valence-electron chi connectivity index (χ4n) is 3.49. The Labute approximate surface area is 157 Å². The molecule has 1 aliphatic heterocycles. The van der Waals surface area contributed by atoms with Gasteiger partial charge in [0.15, 0.2) is 5.65 Å². The van der Waals surface area contributed by atoms with Crippen LogP contribution >= 0.6 is 0 Å². The van der Waals surface area contributed by atoms with Gasteiger partial charge < -0.3 is 19.5 Å². The van der Waals surface area contributed by atoms with Crippen LogP contribution in [0.25, 0.3) is 11.2 Å². The fraction of sp³-hybridized carbons (Fsp3) is 0.350. The highest BCUT2D eigenvalue weighted by Crippen LogP contribution is 2.37. The number of aromatic nitrogens is 3. The molecule has 0 aliphatic carbocycles. The van der Waals surface area contributed by atoms with Crippen molar-refractivity contribution in [3.8, 4) is 11.5 Å². The number of rotatable bonds is 4. The maximum atomic E-state index is 11.2. The number of hydrogen-bond acceptors (Lipinski definition) is 7. The molecule has 0 atom stereocenters. The van der Waals surface area contributed by atoms with Gasteiger partial charge in [-0.05, 0) is 42.7 Å². The summed E-state index contributed by atoms with van der Waals surface area (Å²) in [6.07, 6.45) is 4.48. The minimum Gasteiger partial charge on any atom is -0.497 e. The van der Waals surface area contributed by atoms with E-state index in [9.17, 15) is 5.11 Å². The first-order valence-corrected chi connectivity index (χ1v) is 8.90. The Balaban J connectivity index is 1.55. The molecule has 2 aromatic heterocycles. The first kappa shape index (κ1) is 17.5. The first-order valence-electron chi connectivity index (χ1n) is 8.90. The maximum absolute atomic E-state index is 11.2. The average Bonchev–Trinajstić information content (AvgIpc) is 2.73. The molecule has 27 heavy (non-hydrogen) atoms. The summed E-state index contributed by atoms with van der Waals surface area (Å²) in [6.45, 7) is 1.38. The number of hydrogen-bond donors (Lipinski definition) is 1. The largest absolute Gasteiger partial charge is 0.497 e. The third kappa shape index (κ3) is 3.38. The average molecular weight is 366 g/mol. The monoisotopic (exact) mass is 366 g/mol. The third-order valence-electron chi connectivity index (χ3n) is 5.12. The molecule has 1 N–H and O–H groups in total. The van der Waals surface area contributed by atoms with Gasteiger partial charge in [-0.25, -0.2) is 9.97 Å². The van der Waals surface area contributed by atoms with Crippen LogP contribution in [0.2, 0.25) is 0 Å². The highest BCUT2D eigenvalue weighted by Gasteiger charge is 2.35. The topological polar surface area (TPSA) is 80.6 Å². The maximum Gasteiger partial charge on any atom is 0.180 e. The van der Waals surface area contributed by atoms with Gasteiger partial charge in [-0.15, -0.1) is 0 Å². The van der Waals surface area contributed by atoms with E-state index in [0.717, 1.165) is 16.9 Å². The number of fused-ring (bicyclic) bond motifs is 1. The van der Waals surface area contributed by atoms with Crippen LogP contribution in [0.15, 0.2) is 42.7 Å². The molecule has 7 nitrogen and oxygen atoms in total. The summed E-state index contributed by atoms with van der Waals surface area (Å²) in [4.78, 5) is 15.3. The Hall–Kier alpha value is -2.93. The minimum atomic E-state index is -0.922. The first-order chi connectivity index (χ1) is 13.1. The molecular formula is C20H22N4O3. The summed E-state index contributed by atoms with van der Waals surface area (Å²) in [6, 6.07) is 9.44. The molecule has 1 fully saturated rings. The second-order valence-corrected chi connectivity index (χ2v) is 6.69. The molecule has 140 valence electrons. The molecule has 0 radical (unpaired) electrons. The highest BCUT2D eigenvalue weighted by atomic mass is 16.5. The van der Waals surface area contributed by atoms with Gasteiger partial charge in [0.05, 0.1) is 19.8 Å². The van der Waals surface area contributed by atoms with Crippen molar-refractivity contribution >= 4 is 17.0 Å². The number of methoxy groups -OCH3 is 2. The van der Waals surface area contributed by atoms with E-state index in [-0.39, 0.29) is 0 Å². The van der Waals surface area contributed by atoms with E-state index in [4.69, 9.17) is 9.47 Å². The molecule has 3 aromatic rings. The standard InChI is InChI=1S/C20H22N4O3/c1-26-15-11-14(12-16(13-15)27-2)20(25)5-9-24(10-6-20)18-4-3-17-19(23-18)22-8-7-21-17/h3-4,7-8,11-13,25H,5-6,9-10H2,1-2H3. The number of benzene rings is 1. The molecule has 0 bridgehead atoms. The second-order valence-electron chi connectivity index (χ2n) is 6.69. The number of ether oxygens (including phenoxy) is 2. The van der Waals surface area contributed by atoms with Crippen LogP contribution in [-0.4, -0.2) is 47.4 Å². The Kier molecular flexibility index (Phi) is 4.53. The van der Waals surface area contributed by atoms with Gasteiger partial charge in [0.25, 0.3) is 0 Å². The van der Waals surface area contributed by atoms with Gasteiger partial charge in [-0.1, -0.05) is 0 Å². The zero-order chi connectivity index (χ0) is 18.9. The smallest absolute Gasteiger partial charge is 0.180 e. The minimum absolute atomic E-state index is 0.587. The van der Waals surface area contributed by atoms with Gasteiger partial charge in [-0.2, -0.15) is 0 Å². The van der Waals surface area contributed by atoms with Gasteiger partial charge >= 0.3 is 0 Å². The van der Waals surface area contributed by atoms with E-state index >= 15 is 0 Å². The summed E-state index contributed by atoms with van der Waals surface area (Å²) >= 11 is 0. The SMILES string of the molecule is COc1cc(OC)cc(C2(O)CCN(c3ccc4nccnc4n3)CC2)c1. The molecular weight excluding hydrogens is 344 g/mol.